The molecule has 40 heavy (non-hydrogen) atoms. The molecule has 1 N–H and O–H groups in total. The third-order valence-corrected chi connectivity index (χ3v) is 6.20. The summed E-state index contributed by atoms with van der Waals surface area (Å²) in [5.74, 6) is -2.92. The molecule has 0 aliphatic heterocycles. The SMILES string of the molecule is O=C(O)C(c1ccc(C(F)(F)F)cc1)c1cc(-c2ccc(C(F)(F)F)cc2)cc(-c2ccc(C(F)(F)F)cc2)c1. The zero-order chi connectivity index (χ0) is 29.5. The quantitative estimate of drug-likeness (QED) is 0.244. The van der Waals surface area contributed by atoms with Gasteiger partial charge in [0.15, 0.2) is 0 Å². The van der Waals surface area contributed by atoms with Crippen LogP contribution in [-0.4, -0.2) is 11.1 Å². The van der Waals surface area contributed by atoms with Gasteiger partial charge in [-0.2, -0.15) is 39.5 Å². The summed E-state index contributed by atoms with van der Waals surface area (Å²) in [5.41, 5.74) is -1.81. The van der Waals surface area contributed by atoms with E-state index in [1.54, 1.807) is 0 Å². The van der Waals surface area contributed by atoms with Crippen molar-refractivity contribution in [2.45, 2.75) is 24.4 Å². The van der Waals surface area contributed by atoms with E-state index in [2.05, 4.69) is 0 Å². The lowest BCUT2D eigenvalue weighted by Crippen LogP contribution is -2.14. The molecule has 0 aromatic heterocycles. The first kappa shape index (κ1) is 28.7. The van der Waals surface area contributed by atoms with E-state index < -0.39 is 47.1 Å². The molecule has 0 heterocycles. The van der Waals surface area contributed by atoms with E-state index in [1.807, 2.05) is 0 Å². The lowest BCUT2D eigenvalue weighted by molar-refractivity contribution is -0.138. The topological polar surface area (TPSA) is 37.3 Å². The van der Waals surface area contributed by atoms with Crippen LogP contribution in [0.5, 0.6) is 0 Å². The number of rotatable bonds is 5. The Hall–Kier alpha value is -4.28. The van der Waals surface area contributed by atoms with Crippen molar-refractivity contribution in [1.82, 2.24) is 0 Å². The van der Waals surface area contributed by atoms with Gasteiger partial charge < -0.3 is 5.11 Å². The molecule has 1 unspecified atom stereocenters. The van der Waals surface area contributed by atoms with Crippen molar-refractivity contribution in [2.24, 2.45) is 0 Å². The Labute approximate surface area is 221 Å². The number of halogens is 9. The van der Waals surface area contributed by atoms with Crippen LogP contribution in [0.1, 0.15) is 33.7 Å². The van der Waals surface area contributed by atoms with Crippen LogP contribution in [0.3, 0.4) is 0 Å². The summed E-state index contributed by atoms with van der Waals surface area (Å²) < 4.78 is 117. The second-order valence-corrected chi connectivity index (χ2v) is 8.88. The van der Waals surface area contributed by atoms with Crippen LogP contribution in [0.2, 0.25) is 0 Å². The van der Waals surface area contributed by atoms with Crippen molar-refractivity contribution >= 4 is 5.97 Å². The van der Waals surface area contributed by atoms with Crippen LogP contribution in [0.15, 0.2) is 91.0 Å². The van der Waals surface area contributed by atoms with Crippen molar-refractivity contribution in [2.75, 3.05) is 0 Å². The first-order chi connectivity index (χ1) is 18.5. The van der Waals surface area contributed by atoms with Gasteiger partial charge in [-0.1, -0.05) is 36.4 Å². The predicted octanol–water partition coefficient (Wildman–Crippen LogP) is 9.29. The molecular weight excluding hydrogens is 551 g/mol. The molecule has 0 spiro atoms. The third-order valence-electron chi connectivity index (χ3n) is 6.20. The highest BCUT2D eigenvalue weighted by Crippen LogP contribution is 2.38. The van der Waals surface area contributed by atoms with Gasteiger partial charge in [0.2, 0.25) is 0 Å². The Bertz CT molecular complexity index is 1420. The molecule has 4 rings (SSSR count). The standard InChI is InChI=1S/C29H17F9O2/c30-27(31,32)22-7-1-16(2-8-22)19-13-20(17-3-9-23(10-4-17)28(33,34)35)15-21(14-19)25(26(39)40)18-5-11-24(12-6-18)29(36,37)38/h1-15,25H,(H,39,40). The summed E-state index contributed by atoms with van der Waals surface area (Å²) >= 11 is 0. The van der Waals surface area contributed by atoms with Crippen LogP contribution >= 0.6 is 0 Å². The number of carboxylic acid groups (broad SMARTS) is 1. The van der Waals surface area contributed by atoms with Gasteiger partial charge in [0, 0.05) is 0 Å². The lowest BCUT2D eigenvalue weighted by atomic mass is 9.86. The smallest absolute Gasteiger partial charge is 0.416 e. The molecule has 11 heteroatoms. The largest absolute Gasteiger partial charge is 0.481 e. The van der Waals surface area contributed by atoms with Gasteiger partial charge in [-0.25, -0.2) is 0 Å². The molecule has 0 aliphatic rings. The molecule has 0 aliphatic carbocycles. The fourth-order valence-corrected chi connectivity index (χ4v) is 4.20. The zero-order valence-electron chi connectivity index (χ0n) is 20.0. The molecular formula is C29H17F9O2. The predicted molar refractivity (Wildman–Crippen MR) is 128 cm³/mol. The number of hydrogen-bond acceptors (Lipinski definition) is 1. The van der Waals surface area contributed by atoms with Gasteiger partial charge >= 0.3 is 24.5 Å². The average molecular weight is 568 g/mol. The van der Waals surface area contributed by atoms with Crippen molar-refractivity contribution in [3.8, 4) is 22.3 Å². The molecule has 208 valence electrons. The Kier molecular flexibility index (Phi) is 7.44. The van der Waals surface area contributed by atoms with E-state index in [4.69, 9.17) is 0 Å². The maximum Gasteiger partial charge on any atom is 0.416 e. The number of hydrogen-bond donors (Lipinski definition) is 1. The van der Waals surface area contributed by atoms with Crippen LogP contribution in [-0.2, 0) is 23.3 Å². The van der Waals surface area contributed by atoms with Crippen molar-refractivity contribution in [3.63, 3.8) is 0 Å². The van der Waals surface area contributed by atoms with Crippen molar-refractivity contribution in [1.29, 1.82) is 0 Å². The van der Waals surface area contributed by atoms with Gasteiger partial charge in [0.25, 0.3) is 0 Å². The van der Waals surface area contributed by atoms with Gasteiger partial charge in [0.1, 0.15) is 5.92 Å². The number of carbonyl (C=O) groups is 1. The van der Waals surface area contributed by atoms with Crippen molar-refractivity contribution < 1.29 is 49.4 Å². The van der Waals surface area contributed by atoms with E-state index in [0.717, 1.165) is 72.8 Å². The number of alkyl halides is 9. The third kappa shape index (κ3) is 6.30. The van der Waals surface area contributed by atoms with Gasteiger partial charge in [-0.3, -0.25) is 4.79 Å². The van der Waals surface area contributed by atoms with E-state index >= 15 is 0 Å². The van der Waals surface area contributed by atoms with E-state index in [-0.39, 0.29) is 33.4 Å². The van der Waals surface area contributed by atoms with E-state index in [9.17, 15) is 49.4 Å². The van der Waals surface area contributed by atoms with Crippen LogP contribution in [0.25, 0.3) is 22.3 Å². The van der Waals surface area contributed by atoms with Crippen LogP contribution in [0, 0.1) is 0 Å². The molecule has 0 radical (unpaired) electrons. The Morgan fingerprint density at radius 1 is 0.475 bits per heavy atom. The molecule has 4 aromatic carbocycles. The minimum absolute atomic E-state index is 0.0107. The van der Waals surface area contributed by atoms with Crippen LogP contribution in [0.4, 0.5) is 39.5 Å². The normalized spacial score (nSPS) is 13.2. The highest BCUT2D eigenvalue weighted by molar-refractivity contribution is 5.83. The Morgan fingerprint density at radius 3 is 1.10 bits per heavy atom. The van der Waals surface area contributed by atoms with Crippen LogP contribution < -0.4 is 0 Å². The molecule has 4 aromatic rings. The number of aliphatic carboxylic acids is 1. The Morgan fingerprint density at radius 2 is 0.800 bits per heavy atom. The van der Waals surface area contributed by atoms with Gasteiger partial charge in [-0.05, 0) is 88.0 Å². The summed E-state index contributed by atoms with van der Waals surface area (Å²) in [5, 5.41) is 10.0. The zero-order valence-corrected chi connectivity index (χ0v) is 20.0. The molecule has 0 saturated heterocycles. The summed E-state index contributed by atoms with van der Waals surface area (Å²) in [7, 11) is 0. The van der Waals surface area contributed by atoms with E-state index in [0.29, 0.717) is 0 Å². The maximum atomic E-state index is 13.1. The van der Waals surface area contributed by atoms with Gasteiger partial charge in [-0.15, -0.1) is 0 Å². The monoisotopic (exact) mass is 568 g/mol. The second kappa shape index (κ2) is 10.4. The first-order valence-electron chi connectivity index (χ1n) is 11.4. The summed E-state index contributed by atoms with van der Waals surface area (Å²) in [6, 6.07) is 15.6. The second-order valence-electron chi connectivity index (χ2n) is 8.88. The minimum Gasteiger partial charge on any atom is -0.481 e. The fraction of sp³-hybridized carbons (Fsp3) is 0.138. The summed E-state index contributed by atoms with van der Waals surface area (Å²) in [6.45, 7) is 0. The highest BCUT2D eigenvalue weighted by atomic mass is 19.4. The minimum atomic E-state index is -4.66. The molecule has 0 bridgehead atoms. The molecule has 1 atom stereocenters. The number of benzene rings is 4. The summed E-state index contributed by atoms with van der Waals surface area (Å²) in [4.78, 5) is 12.3. The molecule has 0 amide bonds. The highest BCUT2D eigenvalue weighted by Gasteiger charge is 2.33. The average Bonchev–Trinajstić information content (AvgIpc) is 2.87. The molecule has 0 saturated carbocycles. The number of carboxylic acids is 1. The van der Waals surface area contributed by atoms with Crippen molar-refractivity contribution in [3.05, 3.63) is 119 Å². The summed E-state index contributed by atoms with van der Waals surface area (Å²) in [6.07, 6.45) is -13.9. The maximum absolute atomic E-state index is 13.1. The molecule has 2 nitrogen and oxygen atoms in total. The Balaban J connectivity index is 1.87. The van der Waals surface area contributed by atoms with E-state index in [1.165, 1.54) is 18.2 Å². The molecule has 0 fully saturated rings. The fourth-order valence-electron chi connectivity index (χ4n) is 4.20. The first-order valence-corrected chi connectivity index (χ1v) is 11.4. The lowest BCUT2D eigenvalue weighted by Gasteiger charge is -2.18. The van der Waals surface area contributed by atoms with Gasteiger partial charge in [0.05, 0.1) is 16.7 Å².